The first-order chi connectivity index (χ1) is 32.9. The van der Waals surface area contributed by atoms with Crippen LogP contribution in [0.2, 0.25) is 0 Å². The van der Waals surface area contributed by atoms with Crippen LogP contribution in [0.3, 0.4) is 0 Å². The molecule has 8 aromatic carbocycles. The predicted molar refractivity (Wildman–Crippen MR) is 299 cm³/mol. The van der Waals surface area contributed by atoms with E-state index in [4.69, 9.17) is 4.42 Å². The number of hydrogen-bond donors (Lipinski definition) is 1. The number of benzene rings is 8. The lowest BCUT2D eigenvalue weighted by Crippen LogP contribution is -2.38. The highest BCUT2D eigenvalue weighted by molar-refractivity contribution is 7.25. The molecule has 69 heavy (non-hydrogen) atoms. The van der Waals surface area contributed by atoms with Gasteiger partial charge in [-0.2, -0.15) is 0 Å². The molecule has 0 fully saturated rings. The van der Waals surface area contributed by atoms with E-state index in [9.17, 15) is 0 Å². The van der Waals surface area contributed by atoms with Crippen LogP contribution in [0.5, 0.6) is 0 Å². The van der Waals surface area contributed by atoms with Crippen LogP contribution in [0.1, 0.15) is 109 Å². The van der Waals surface area contributed by atoms with Gasteiger partial charge in [0, 0.05) is 75.3 Å². The Morgan fingerprint density at radius 1 is 0.594 bits per heavy atom. The number of furan rings is 1. The van der Waals surface area contributed by atoms with E-state index in [0.29, 0.717) is 0 Å². The number of rotatable bonds is 3. The largest absolute Gasteiger partial charge is 0.456 e. The second kappa shape index (κ2) is 13.6. The molecular formula is C64H57BN2OS. The minimum absolute atomic E-state index is 0.0671. The Labute approximate surface area is 409 Å². The second-order valence-corrected chi connectivity index (χ2v) is 24.8. The van der Waals surface area contributed by atoms with E-state index < -0.39 is 0 Å². The minimum atomic E-state index is -0.120. The Kier molecular flexibility index (Phi) is 8.17. The fourth-order valence-corrected chi connectivity index (χ4v) is 14.2. The summed E-state index contributed by atoms with van der Waals surface area (Å²) in [6.07, 6.45) is 2.40. The first-order valence-corrected chi connectivity index (χ1v) is 25.9. The molecule has 1 aliphatic heterocycles. The van der Waals surface area contributed by atoms with Crippen molar-refractivity contribution in [3.63, 3.8) is 0 Å². The summed E-state index contributed by atoms with van der Waals surface area (Å²) in [5.41, 5.74) is 24.6. The molecule has 0 atom stereocenters. The summed E-state index contributed by atoms with van der Waals surface area (Å²) >= 11 is 1.96. The molecule has 2 aliphatic carbocycles. The van der Waals surface area contributed by atoms with E-state index >= 15 is 0 Å². The van der Waals surface area contributed by atoms with Crippen molar-refractivity contribution in [3.05, 3.63) is 161 Å². The molecule has 0 amide bonds. The van der Waals surface area contributed by atoms with E-state index in [1.54, 1.807) is 0 Å². The fraction of sp³-hybridized carbons (Fsp3) is 0.250. The minimum Gasteiger partial charge on any atom is -0.456 e. The summed E-state index contributed by atoms with van der Waals surface area (Å²) in [6.45, 7) is 23.8. The fourth-order valence-electron chi connectivity index (χ4n) is 13.1. The molecule has 0 saturated carbocycles. The molecule has 338 valence electrons. The third kappa shape index (κ3) is 5.74. The maximum Gasteiger partial charge on any atom is 0.198 e. The van der Waals surface area contributed by atoms with E-state index in [1.165, 1.54) is 127 Å². The first kappa shape index (κ1) is 41.4. The van der Waals surface area contributed by atoms with E-state index in [2.05, 4.69) is 207 Å². The van der Waals surface area contributed by atoms with Gasteiger partial charge in [-0.25, -0.2) is 0 Å². The number of hydrogen-bond acceptors (Lipinski definition) is 3. The summed E-state index contributed by atoms with van der Waals surface area (Å²) in [6, 6.07) is 49.2. The molecule has 1 N–H and O–H groups in total. The van der Waals surface area contributed by atoms with Crippen LogP contribution in [0, 0.1) is 6.92 Å². The van der Waals surface area contributed by atoms with Crippen molar-refractivity contribution < 1.29 is 4.42 Å². The topological polar surface area (TPSA) is 30.1 Å². The number of nitrogens with zero attached hydrogens (tertiary/aromatic N) is 1. The van der Waals surface area contributed by atoms with Crippen molar-refractivity contribution in [2.75, 3.05) is 5.32 Å². The van der Waals surface area contributed by atoms with E-state index in [0.717, 1.165) is 40.6 Å². The normalized spacial score (nSPS) is 16.3. The Morgan fingerprint density at radius 3 is 2.09 bits per heavy atom. The highest BCUT2D eigenvalue weighted by Crippen LogP contribution is 2.52. The van der Waals surface area contributed by atoms with E-state index in [-0.39, 0.29) is 21.7 Å². The van der Waals surface area contributed by atoms with Crippen molar-refractivity contribution in [2.24, 2.45) is 0 Å². The SMILES string of the molecule is Cc1cc(-c2cc3sc4cc5c(cc4c3cc2Nc2ccc(C(C)(C)C)cc2)C(C)(C)CCC5(C)C)c2c3c1c1cc4oc5ccccc5c4cc1n3-c1cc3c(cc1B2)-c1ccccc1C3(C)C. The molecule has 3 aromatic heterocycles. The van der Waals surface area contributed by atoms with Gasteiger partial charge >= 0.3 is 0 Å². The van der Waals surface area contributed by atoms with Crippen LogP contribution < -0.4 is 16.2 Å². The molecule has 11 aromatic rings. The van der Waals surface area contributed by atoms with Gasteiger partial charge in [0.2, 0.25) is 0 Å². The summed E-state index contributed by atoms with van der Waals surface area (Å²) in [7, 11) is 0.827. The average molecular weight is 913 g/mol. The number of aromatic nitrogens is 1. The van der Waals surface area contributed by atoms with Gasteiger partial charge in [0.1, 0.15) is 11.2 Å². The number of thiophene rings is 1. The van der Waals surface area contributed by atoms with Gasteiger partial charge in [-0.1, -0.05) is 135 Å². The molecule has 0 radical (unpaired) electrons. The van der Waals surface area contributed by atoms with Crippen LogP contribution in [-0.4, -0.2) is 11.8 Å². The molecule has 0 bridgehead atoms. The standard InChI is InChI=1S/C64H57BN2OS/c1-34-25-44(40-31-56-43(28-51(40)66-36-21-19-35(20-22-36)61(2,3)4)42-26-48-49(33-57(42)69-56)63(7,8)24-23-62(48,5)6)59-60-58(34)45-30-55-41(38-16-12-14-18-54(38)68-55)29-52(45)67(60)53-32-47-39(27-50(53)65-59)37-15-11-13-17-46(37)64(47,9)10/h11-22,25-33,65-66H,23-24H2,1-10H3. The van der Waals surface area contributed by atoms with Crippen LogP contribution in [0.4, 0.5) is 11.4 Å². The maximum absolute atomic E-state index is 6.63. The van der Waals surface area contributed by atoms with Crippen LogP contribution in [0.15, 0.2) is 132 Å². The van der Waals surface area contributed by atoms with Crippen LogP contribution in [0.25, 0.3) is 91.9 Å². The average Bonchev–Trinajstić information content (AvgIpc) is 4.03. The number of anilines is 2. The van der Waals surface area contributed by atoms with Crippen molar-refractivity contribution in [2.45, 2.75) is 104 Å². The van der Waals surface area contributed by atoms with Gasteiger partial charge in [-0.05, 0) is 152 Å². The van der Waals surface area contributed by atoms with Gasteiger partial charge < -0.3 is 14.3 Å². The Bertz CT molecular complexity index is 4090. The zero-order valence-electron chi connectivity index (χ0n) is 41.5. The third-order valence-corrected chi connectivity index (χ3v) is 18.2. The Balaban J connectivity index is 1.07. The number of para-hydroxylation sites is 1. The lowest BCUT2D eigenvalue weighted by molar-refractivity contribution is 0.332. The zero-order valence-corrected chi connectivity index (χ0v) is 42.3. The lowest BCUT2D eigenvalue weighted by atomic mass is 9.58. The molecular weight excluding hydrogens is 856 g/mol. The monoisotopic (exact) mass is 912 g/mol. The first-order valence-electron chi connectivity index (χ1n) is 25.1. The molecule has 3 nitrogen and oxygen atoms in total. The second-order valence-electron chi connectivity index (χ2n) is 23.7. The summed E-state index contributed by atoms with van der Waals surface area (Å²) in [4.78, 5) is 0. The van der Waals surface area contributed by atoms with Gasteiger partial charge in [0.05, 0.1) is 5.52 Å². The van der Waals surface area contributed by atoms with Gasteiger partial charge in [0.25, 0.3) is 0 Å². The molecule has 0 saturated heterocycles. The highest BCUT2D eigenvalue weighted by atomic mass is 32.1. The summed E-state index contributed by atoms with van der Waals surface area (Å²) in [5.74, 6) is 0. The smallest absolute Gasteiger partial charge is 0.198 e. The molecule has 5 heteroatoms. The van der Waals surface area contributed by atoms with Crippen molar-refractivity contribution >= 4 is 105 Å². The molecule has 14 rings (SSSR count). The van der Waals surface area contributed by atoms with Gasteiger partial charge in [-0.3, -0.25) is 0 Å². The predicted octanol–water partition coefficient (Wildman–Crippen LogP) is 16.4. The van der Waals surface area contributed by atoms with Crippen molar-refractivity contribution in [1.82, 2.24) is 4.57 Å². The lowest BCUT2D eigenvalue weighted by Gasteiger charge is -2.41. The van der Waals surface area contributed by atoms with Crippen molar-refractivity contribution in [1.29, 1.82) is 0 Å². The molecule has 0 unspecified atom stereocenters. The van der Waals surface area contributed by atoms with Gasteiger partial charge in [-0.15, -0.1) is 11.3 Å². The quantitative estimate of drug-likeness (QED) is 0.179. The summed E-state index contributed by atoms with van der Waals surface area (Å²) < 4.78 is 12.0. The highest BCUT2D eigenvalue weighted by Gasteiger charge is 2.40. The van der Waals surface area contributed by atoms with E-state index in [1.807, 2.05) is 11.3 Å². The number of aryl methyl sites for hydroxylation is 1. The van der Waals surface area contributed by atoms with Crippen LogP contribution in [-0.2, 0) is 21.7 Å². The number of fused-ring (bicyclic) bond motifs is 15. The van der Waals surface area contributed by atoms with Gasteiger partial charge in [0.15, 0.2) is 7.28 Å². The Hall–Kier alpha value is -6.56. The number of nitrogens with one attached hydrogen (secondary N) is 1. The Morgan fingerprint density at radius 2 is 1.30 bits per heavy atom. The maximum atomic E-state index is 6.63. The third-order valence-electron chi connectivity index (χ3n) is 17.1. The molecule has 4 heterocycles. The van der Waals surface area contributed by atoms with Crippen molar-refractivity contribution in [3.8, 4) is 27.9 Å². The van der Waals surface area contributed by atoms with Crippen LogP contribution >= 0.6 is 11.3 Å². The zero-order chi connectivity index (χ0) is 47.3. The molecule has 3 aliphatic rings. The summed E-state index contributed by atoms with van der Waals surface area (Å²) in [5, 5.41) is 11.6. The molecule has 0 spiro atoms.